The quantitative estimate of drug-likeness (QED) is 0.506. The zero-order valence-corrected chi connectivity index (χ0v) is 15.4. The molecule has 0 aliphatic carbocycles. The molecule has 0 radical (unpaired) electrons. The van der Waals surface area contributed by atoms with E-state index >= 15 is 0 Å². The lowest BCUT2D eigenvalue weighted by molar-refractivity contribution is 0.102. The number of carbonyl (C=O) groups excluding carboxylic acids is 1. The summed E-state index contributed by atoms with van der Waals surface area (Å²) in [6.45, 7) is 5.82. The van der Waals surface area contributed by atoms with Crippen molar-refractivity contribution in [2.45, 2.75) is 20.8 Å². The van der Waals surface area contributed by atoms with E-state index in [1.54, 1.807) is 24.3 Å². The van der Waals surface area contributed by atoms with E-state index in [1.807, 2.05) is 51.1 Å². The fourth-order valence-electron chi connectivity index (χ4n) is 3.38. The van der Waals surface area contributed by atoms with Crippen molar-refractivity contribution in [3.63, 3.8) is 0 Å². The van der Waals surface area contributed by atoms with E-state index in [1.165, 1.54) is 0 Å². The summed E-state index contributed by atoms with van der Waals surface area (Å²) in [5.41, 5.74) is 5.11. The number of hydrogen-bond donors (Lipinski definition) is 1. The van der Waals surface area contributed by atoms with Crippen molar-refractivity contribution in [2.24, 2.45) is 0 Å². The number of anilines is 1. The zero-order valence-electron chi connectivity index (χ0n) is 15.4. The van der Waals surface area contributed by atoms with Gasteiger partial charge in [0.05, 0.1) is 10.8 Å². The average Bonchev–Trinajstić information content (AvgIpc) is 2.63. The van der Waals surface area contributed by atoms with E-state index in [-0.39, 0.29) is 11.3 Å². The topological polar surface area (TPSA) is 59.3 Å². The third-order valence-corrected chi connectivity index (χ3v) is 4.64. The minimum absolute atomic E-state index is 0.0605. The highest BCUT2D eigenvalue weighted by atomic mass is 16.3. The number of rotatable bonds is 2. The Hall–Kier alpha value is -3.40. The Morgan fingerprint density at radius 2 is 1.70 bits per heavy atom. The van der Waals surface area contributed by atoms with Crippen LogP contribution in [0, 0.1) is 20.8 Å². The van der Waals surface area contributed by atoms with Crippen LogP contribution in [-0.4, -0.2) is 5.91 Å². The lowest BCUT2D eigenvalue weighted by atomic mass is 10.1. The van der Waals surface area contributed by atoms with Gasteiger partial charge in [-0.1, -0.05) is 23.8 Å². The molecule has 0 spiro atoms. The van der Waals surface area contributed by atoms with Gasteiger partial charge < -0.3 is 9.73 Å². The Morgan fingerprint density at radius 3 is 2.48 bits per heavy atom. The molecule has 4 heteroatoms. The van der Waals surface area contributed by atoms with Crippen LogP contribution in [0.5, 0.6) is 0 Å². The molecule has 0 bridgehead atoms. The van der Waals surface area contributed by atoms with Gasteiger partial charge in [0.2, 0.25) is 5.43 Å². The van der Waals surface area contributed by atoms with E-state index in [0.29, 0.717) is 33.2 Å². The van der Waals surface area contributed by atoms with Crippen LogP contribution in [-0.2, 0) is 0 Å². The Morgan fingerprint density at radius 1 is 0.889 bits per heavy atom. The highest BCUT2D eigenvalue weighted by Crippen LogP contribution is 2.25. The number of fused-ring (bicyclic) bond motifs is 2. The standard InChI is InChI=1S/C23H19NO3/c1-13-5-4-6-16(10-13)23(26)24-17-7-8-18-20(12-17)27-22-15(3)9-14(2)11-19(22)21(18)25/h4-12H,1-3H3,(H,24,26). The van der Waals surface area contributed by atoms with Crippen molar-refractivity contribution in [3.8, 4) is 0 Å². The van der Waals surface area contributed by atoms with Gasteiger partial charge in [0.1, 0.15) is 11.2 Å². The van der Waals surface area contributed by atoms with E-state index in [4.69, 9.17) is 4.42 Å². The molecule has 4 aromatic rings. The van der Waals surface area contributed by atoms with Gasteiger partial charge in [-0.15, -0.1) is 0 Å². The second kappa shape index (κ2) is 6.40. The SMILES string of the molecule is Cc1cccc(C(=O)Nc2ccc3c(=O)c4cc(C)cc(C)c4oc3c2)c1. The Labute approximate surface area is 156 Å². The molecule has 0 aliphatic heterocycles. The van der Waals surface area contributed by atoms with E-state index in [9.17, 15) is 9.59 Å². The van der Waals surface area contributed by atoms with Crippen LogP contribution >= 0.6 is 0 Å². The molecule has 0 saturated heterocycles. The molecule has 1 heterocycles. The predicted octanol–water partition coefficient (Wildman–Crippen LogP) is 5.12. The number of aryl methyl sites for hydroxylation is 3. The van der Waals surface area contributed by atoms with Gasteiger partial charge in [-0.25, -0.2) is 0 Å². The monoisotopic (exact) mass is 357 g/mol. The van der Waals surface area contributed by atoms with Gasteiger partial charge in [0, 0.05) is 17.3 Å². The number of benzene rings is 3. The summed E-state index contributed by atoms with van der Waals surface area (Å²) in [6, 6.07) is 16.3. The lowest BCUT2D eigenvalue weighted by Crippen LogP contribution is -2.12. The van der Waals surface area contributed by atoms with Gasteiger partial charge in [0.25, 0.3) is 5.91 Å². The number of amides is 1. The zero-order chi connectivity index (χ0) is 19.1. The van der Waals surface area contributed by atoms with Crippen LogP contribution in [0.2, 0.25) is 0 Å². The van der Waals surface area contributed by atoms with Gasteiger partial charge in [-0.3, -0.25) is 9.59 Å². The molecule has 0 fully saturated rings. The predicted molar refractivity (Wildman–Crippen MR) is 109 cm³/mol. The molecule has 1 amide bonds. The van der Waals surface area contributed by atoms with Crippen LogP contribution in [0.15, 0.2) is 63.8 Å². The van der Waals surface area contributed by atoms with Crippen LogP contribution in [0.3, 0.4) is 0 Å². The number of carbonyl (C=O) groups is 1. The molecule has 0 aliphatic rings. The van der Waals surface area contributed by atoms with Crippen molar-refractivity contribution in [1.29, 1.82) is 0 Å². The van der Waals surface area contributed by atoms with Crippen molar-refractivity contribution >= 4 is 33.5 Å². The minimum Gasteiger partial charge on any atom is -0.455 e. The third kappa shape index (κ3) is 3.10. The molecule has 134 valence electrons. The lowest BCUT2D eigenvalue weighted by Gasteiger charge is -2.09. The minimum atomic E-state index is -0.201. The second-order valence-corrected chi connectivity index (χ2v) is 6.92. The van der Waals surface area contributed by atoms with Gasteiger partial charge >= 0.3 is 0 Å². The highest BCUT2D eigenvalue weighted by Gasteiger charge is 2.12. The molecule has 0 unspecified atom stereocenters. The first-order chi connectivity index (χ1) is 12.9. The maximum Gasteiger partial charge on any atom is 0.255 e. The normalized spacial score (nSPS) is 11.1. The molecule has 0 saturated carbocycles. The van der Waals surface area contributed by atoms with Gasteiger partial charge in [-0.2, -0.15) is 0 Å². The molecule has 4 rings (SSSR count). The maximum absolute atomic E-state index is 12.8. The molecule has 0 atom stereocenters. The molecule has 1 aromatic heterocycles. The average molecular weight is 357 g/mol. The summed E-state index contributed by atoms with van der Waals surface area (Å²) in [5, 5.41) is 3.95. The van der Waals surface area contributed by atoms with Crippen molar-refractivity contribution < 1.29 is 9.21 Å². The van der Waals surface area contributed by atoms with Crippen LogP contribution in [0.4, 0.5) is 5.69 Å². The van der Waals surface area contributed by atoms with E-state index in [0.717, 1.165) is 16.7 Å². The third-order valence-electron chi connectivity index (χ3n) is 4.64. The largest absolute Gasteiger partial charge is 0.455 e. The van der Waals surface area contributed by atoms with Gasteiger partial charge in [-0.05, 0) is 62.2 Å². The molecular weight excluding hydrogens is 338 g/mol. The molecular formula is C23H19NO3. The first kappa shape index (κ1) is 17.0. The van der Waals surface area contributed by atoms with Crippen LogP contribution in [0.25, 0.3) is 21.9 Å². The Balaban J connectivity index is 1.79. The van der Waals surface area contributed by atoms with Crippen molar-refractivity contribution in [2.75, 3.05) is 5.32 Å². The summed E-state index contributed by atoms with van der Waals surface area (Å²) >= 11 is 0. The van der Waals surface area contributed by atoms with Gasteiger partial charge in [0.15, 0.2) is 0 Å². The Bertz CT molecular complexity index is 1270. The summed E-state index contributed by atoms with van der Waals surface area (Å²) < 4.78 is 6.01. The van der Waals surface area contributed by atoms with Crippen molar-refractivity contribution in [3.05, 3.63) is 87.1 Å². The molecule has 1 N–H and O–H groups in total. The molecule has 3 aromatic carbocycles. The smallest absolute Gasteiger partial charge is 0.255 e. The molecule has 27 heavy (non-hydrogen) atoms. The van der Waals surface area contributed by atoms with Crippen LogP contribution < -0.4 is 10.7 Å². The maximum atomic E-state index is 12.8. The second-order valence-electron chi connectivity index (χ2n) is 6.92. The molecule has 4 nitrogen and oxygen atoms in total. The highest BCUT2D eigenvalue weighted by molar-refractivity contribution is 6.05. The van der Waals surface area contributed by atoms with E-state index in [2.05, 4.69) is 5.32 Å². The van der Waals surface area contributed by atoms with Crippen LogP contribution in [0.1, 0.15) is 27.0 Å². The first-order valence-electron chi connectivity index (χ1n) is 8.78. The summed E-state index contributed by atoms with van der Waals surface area (Å²) in [4.78, 5) is 25.3. The van der Waals surface area contributed by atoms with Crippen molar-refractivity contribution in [1.82, 2.24) is 0 Å². The fraction of sp³-hybridized carbons (Fsp3) is 0.130. The summed E-state index contributed by atoms with van der Waals surface area (Å²) in [7, 11) is 0. The fourth-order valence-corrected chi connectivity index (χ4v) is 3.38. The summed E-state index contributed by atoms with van der Waals surface area (Å²) in [6.07, 6.45) is 0. The summed E-state index contributed by atoms with van der Waals surface area (Å²) in [5.74, 6) is -0.201. The number of nitrogens with one attached hydrogen (secondary N) is 1. The Kier molecular flexibility index (Phi) is 4.04. The first-order valence-corrected chi connectivity index (χ1v) is 8.78. The number of hydrogen-bond acceptors (Lipinski definition) is 3. The van der Waals surface area contributed by atoms with E-state index < -0.39 is 0 Å².